The molecular formula is C19H16ClN3OS. The van der Waals surface area contributed by atoms with E-state index in [2.05, 4.69) is 38.7 Å². The molecule has 4 aromatic rings. The summed E-state index contributed by atoms with van der Waals surface area (Å²) in [6, 6.07) is 14.0. The van der Waals surface area contributed by atoms with Crippen LogP contribution >= 0.6 is 23.1 Å². The molecule has 126 valence electrons. The number of aryl methyl sites for hydroxylation is 1. The van der Waals surface area contributed by atoms with E-state index in [1.54, 1.807) is 0 Å². The minimum absolute atomic E-state index is 0.464. The second kappa shape index (κ2) is 6.86. The van der Waals surface area contributed by atoms with Crippen LogP contribution in [0.5, 0.6) is 5.75 Å². The van der Waals surface area contributed by atoms with Gasteiger partial charge >= 0.3 is 0 Å². The van der Waals surface area contributed by atoms with Crippen molar-refractivity contribution in [2.45, 2.75) is 20.1 Å². The van der Waals surface area contributed by atoms with Crippen molar-refractivity contribution in [3.05, 3.63) is 76.0 Å². The monoisotopic (exact) mass is 369 g/mol. The molecule has 4 rings (SSSR count). The molecule has 0 N–H and O–H groups in total. The van der Waals surface area contributed by atoms with Crippen LogP contribution in [0, 0.1) is 6.92 Å². The molecule has 0 saturated heterocycles. The number of benzene rings is 2. The number of ether oxygens (including phenoxy) is 1. The van der Waals surface area contributed by atoms with Crippen molar-refractivity contribution in [2.24, 2.45) is 0 Å². The lowest BCUT2D eigenvalue weighted by molar-refractivity contribution is 0.305. The summed E-state index contributed by atoms with van der Waals surface area (Å²) >= 11 is 7.57. The highest BCUT2D eigenvalue weighted by Crippen LogP contribution is 2.26. The van der Waals surface area contributed by atoms with Crippen molar-refractivity contribution in [1.82, 2.24) is 14.2 Å². The number of hydrogen-bond acceptors (Lipinski definition) is 4. The molecule has 6 heteroatoms. The first-order chi connectivity index (χ1) is 12.2. The fourth-order valence-electron chi connectivity index (χ4n) is 2.77. The zero-order valence-electron chi connectivity index (χ0n) is 13.6. The fraction of sp³-hybridized carbons (Fsp3) is 0.158. The molecule has 0 unspecified atom stereocenters. The number of halogens is 1. The summed E-state index contributed by atoms with van der Waals surface area (Å²) in [7, 11) is 0. The SMILES string of the molecule is Cc1nnsc1COc1ccc(Cl)cc1Cn1cc2ccccc2c1. The van der Waals surface area contributed by atoms with Crippen molar-refractivity contribution in [3.8, 4) is 5.75 Å². The van der Waals surface area contributed by atoms with Gasteiger partial charge in [0.2, 0.25) is 0 Å². The molecule has 2 aromatic carbocycles. The molecule has 0 amide bonds. The van der Waals surface area contributed by atoms with Crippen molar-refractivity contribution in [2.75, 3.05) is 0 Å². The predicted molar refractivity (Wildman–Crippen MR) is 101 cm³/mol. The highest BCUT2D eigenvalue weighted by Gasteiger charge is 2.09. The topological polar surface area (TPSA) is 39.9 Å². The number of rotatable bonds is 5. The third-order valence-corrected chi connectivity index (χ3v) is 5.12. The van der Waals surface area contributed by atoms with Crippen LogP contribution < -0.4 is 4.74 Å². The van der Waals surface area contributed by atoms with Crippen LogP contribution in [0.2, 0.25) is 5.02 Å². The number of aromatic nitrogens is 3. The maximum Gasteiger partial charge on any atom is 0.126 e. The summed E-state index contributed by atoms with van der Waals surface area (Å²) in [6.45, 7) is 3.10. The van der Waals surface area contributed by atoms with E-state index in [-0.39, 0.29) is 0 Å². The van der Waals surface area contributed by atoms with Gasteiger partial charge in [-0.2, -0.15) is 0 Å². The Kier molecular flexibility index (Phi) is 4.42. The van der Waals surface area contributed by atoms with Crippen LogP contribution in [0.3, 0.4) is 0 Å². The van der Waals surface area contributed by atoms with Gasteiger partial charge in [-0.25, -0.2) is 0 Å². The maximum absolute atomic E-state index is 6.20. The Bertz CT molecular complexity index is 991. The first kappa shape index (κ1) is 16.1. The van der Waals surface area contributed by atoms with Gasteiger partial charge in [0.15, 0.2) is 0 Å². The summed E-state index contributed by atoms with van der Waals surface area (Å²) in [6.07, 6.45) is 4.27. The molecule has 0 fully saturated rings. The largest absolute Gasteiger partial charge is 0.488 e. The minimum Gasteiger partial charge on any atom is -0.488 e. The van der Waals surface area contributed by atoms with Crippen LogP contribution in [0.25, 0.3) is 10.8 Å². The van der Waals surface area contributed by atoms with E-state index in [0.29, 0.717) is 18.2 Å². The summed E-state index contributed by atoms with van der Waals surface area (Å²) in [5.74, 6) is 0.829. The molecule has 4 nitrogen and oxygen atoms in total. The molecule has 0 aliphatic rings. The second-order valence-electron chi connectivity index (χ2n) is 5.88. The Balaban J connectivity index is 1.59. The first-order valence-corrected chi connectivity index (χ1v) is 9.08. The first-order valence-electron chi connectivity index (χ1n) is 7.92. The van der Waals surface area contributed by atoms with Crippen molar-refractivity contribution < 1.29 is 4.74 Å². The van der Waals surface area contributed by atoms with Crippen molar-refractivity contribution in [3.63, 3.8) is 0 Å². The van der Waals surface area contributed by atoms with E-state index in [0.717, 1.165) is 21.9 Å². The predicted octanol–water partition coefficient (Wildman–Crippen LogP) is 5.08. The van der Waals surface area contributed by atoms with E-state index < -0.39 is 0 Å². The molecule has 0 aliphatic carbocycles. The van der Waals surface area contributed by atoms with Gasteiger partial charge < -0.3 is 9.30 Å². The lowest BCUT2D eigenvalue weighted by atomic mass is 10.2. The molecular weight excluding hydrogens is 354 g/mol. The van der Waals surface area contributed by atoms with Crippen molar-refractivity contribution >= 4 is 33.9 Å². The standard InChI is InChI=1S/C19H16ClN3OS/c1-13-19(25-22-21-13)12-24-18-7-6-17(20)8-16(18)11-23-9-14-4-2-3-5-15(14)10-23/h2-10H,11-12H2,1H3. The smallest absolute Gasteiger partial charge is 0.126 e. The quantitative estimate of drug-likeness (QED) is 0.492. The average molecular weight is 370 g/mol. The van der Waals surface area contributed by atoms with Gasteiger partial charge in [-0.3, -0.25) is 0 Å². The van der Waals surface area contributed by atoms with Crippen LogP contribution in [-0.2, 0) is 13.2 Å². The van der Waals surface area contributed by atoms with Crippen LogP contribution in [0.15, 0.2) is 54.9 Å². The molecule has 25 heavy (non-hydrogen) atoms. The fourth-order valence-corrected chi connectivity index (χ4v) is 3.51. The zero-order valence-corrected chi connectivity index (χ0v) is 15.2. The van der Waals surface area contributed by atoms with Crippen molar-refractivity contribution in [1.29, 1.82) is 0 Å². The molecule has 0 saturated carbocycles. The Labute approximate surface area is 154 Å². The van der Waals surface area contributed by atoms with Crippen LogP contribution in [0.1, 0.15) is 16.1 Å². The average Bonchev–Trinajstić information content (AvgIpc) is 3.19. The molecule has 0 bridgehead atoms. The van der Waals surface area contributed by atoms with Gasteiger partial charge in [-0.1, -0.05) is 40.4 Å². The van der Waals surface area contributed by atoms with Gasteiger partial charge in [0.25, 0.3) is 0 Å². The van der Waals surface area contributed by atoms with Gasteiger partial charge in [-0.05, 0) is 47.4 Å². The van der Waals surface area contributed by atoms with E-state index in [1.165, 1.54) is 22.3 Å². The van der Waals surface area contributed by atoms with Gasteiger partial charge in [0, 0.05) is 23.0 Å². The summed E-state index contributed by atoms with van der Waals surface area (Å²) in [5, 5.41) is 7.17. The van der Waals surface area contributed by atoms with Crippen LogP contribution in [0.4, 0.5) is 0 Å². The molecule has 2 aromatic heterocycles. The third-order valence-electron chi connectivity index (χ3n) is 4.09. The maximum atomic E-state index is 6.20. The highest BCUT2D eigenvalue weighted by molar-refractivity contribution is 7.05. The molecule has 2 heterocycles. The van der Waals surface area contributed by atoms with Gasteiger partial charge in [-0.15, -0.1) is 5.10 Å². The zero-order chi connectivity index (χ0) is 17.2. The van der Waals surface area contributed by atoms with E-state index >= 15 is 0 Å². The molecule has 0 atom stereocenters. The van der Waals surface area contributed by atoms with E-state index in [9.17, 15) is 0 Å². The van der Waals surface area contributed by atoms with Gasteiger partial charge in [0.05, 0.1) is 17.1 Å². The Morgan fingerprint density at radius 1 is 1.12 bits per heavy atom. The van der Waals surface area contributed by atoms with E-state index in [1.807, 2.05) is 37.3 Å². The summed E-state index contributed by atoms with van der Waals surface area (Å²) in [5.41, 5.74) is 1.96. The molecule has 0 radical (unpaired) electrons. The molecule has 0 spiro atoms. The minimum atomic E-state index is 0.464. The summed E-state index contributed by atoms with van der Waals surface area (Å²) in [4.78, 5) is 1.03. The number of hydrogen-bond donors (Lipinski definition) is 0. The lowest BCUT2D eigenvalue weighted by Gasteiger charge is -2.12. The highest BCUT2D eigenvalue weighted by atomic mass is 35.5. The second-order valence-corrected chi connectivity index (χ2v) is 7.16. The Morgan fingerprint density at radius 2 is 1.88 bits per heavy atom. The van der Waals surface area contributed by atoms with E-state index in [4.69, 9.17) is 16.3 Å². The summed E-state index contributed by atoms with van der Waals surface area (Å²) < 4.78 is 12.1. The van der Waals surface area contributed by atoms with Crippen LogP contribution in [-0.4, -0.2) is 14.2 Å². The van der Waals surface area contributed by atoms with Gasteiger partial charge in [0.1, 0.15) is 12.4 Å². The third kappa shape index (κ3) is 3.52. The molecule has 0 aliphatic heterocycles. The number of nitrogens with zero attached hydrogens (tertiary/aromatic N) is 3. The Hall–Kier alpha value is -2.37. The number of fused-ring (bicyclic) bond motifs is 1. The Morgan fingerprint density at radius 3 is 2.56 bits per heavy atom. The normalized spacial score (nSPS) is 11.1. The lowest BCUT2D eigenvalue weighted by Crippen LogP contribution is -2.02.